The average molecular weight is 474 g/mol. The molecule has 4 aromatic rings. The highest BCUT2D eigenvalue weighted by Crippen LogP contribution is 2.34. The topological polar surface area (TPSA) is 144 Å². The van der Waals surface area contributed by atoms with E-state index in [0.29, 0.717) is 55.0 Å². The van der Waals surface area contributed by atoms with Crippen LogP contribution in [-0.4, -0.2) is 65.8 Å². The number of nitrogens with zero attached hydrogens (tertiary/aromatic N) is 7. The minimum Gasteiger partial charge on any atom is -0.373 e. The molecule has 0 aliphatic carbocycles. The van der Waals surface area contributed by atoms with Gasteiger partial charge in [-0.3, -0.25) is 4.79 Å². The minimum atomic E-state index is -1.70. The summed E-state index contributed by atoms with van der Waals surface area (Å²) >= 11 is 0. The predicted octanol–water partition coefficient (Wildman–Crippen LogP) is 1.71. The highest BCUT2D eigenvalue weighted by Gasteiger charge is 2.48. The van der Waals surface area contributed by atoms with E-state index in [1.54, 1.807) is 37.6 Å². The Bertz CT molecular complexity index is 1420. The van der Waals surface area contributed by atoms with E-state index in [0.717, 1.165) is 11.6 Å². The molecular weight excluding hydrogens is 452 g/mol. The lowest BCUT2D eigenvalue weighted by molar-refractivity contribution is -0.144. The van der Waals surface area contributed by atoms with Gasteiger partial charge < -0.3 is 29.2 Å². The number of rotatable bonds is 5. The van der Waals surface area contributed by atoms with Gasteiger partial charge in [0.2, 0.25) is 11.5 Å². The summed E-state index contributed by atoms with van der Waals surface area (Å²) in [6.45, 7) is 2.25. The lowest BCUT2D eigenvalue weighted by Crippen LogP contribution is -2.35. The number of nitrogens with one attached hydrogen (secondary N) is 1. The fourth-order valence-electron chi connectivity index (χ4n) is 4.27. The molecule has 0 spiro atoms. The zero-order valence-corrected chi connectivity index (χ0v) is 18.9. The molecule has 4 aromatic heterocycles. The van der Waals surface area contributed by atoms with Gasteiger partial charge in [-0.1, -0.05) is 11.2 Å². The molecule has 0 aromatic carbocycles. The van der Waals surface area contributed by atoms with Crippen LogP contribution in [-0.2, 0) is 28.3 Å². The second-order valence-electron chi connectivity index (χ2n) is 8.48. The van der Waals surface area contributed by atoms with Crippen LogP contribution in [0.3, 0.4) is 0 Å². The Morgan fingerprint density at radius 2 is 1.91 bits per heavy atom. The quantitative estimate of drug-likeness (QED) is 0.438. The Labute approximate surface area is 199 Å². The second kappa shape index (κ2) is 8.25. The first-order chi connectivity index (χ1) is 17.0. The van der Waals surface area contributed by atoms with Crippen LogP contribution in [0.1, 0.15) is 18.0 Å². The van der Waals surface area contributed by atoms with Gasteiger partial charge in [-0.05, 0) is 18.2 Å². The number of aromatic nitrogens is 6. The van der Waals surface area contributed by atoms with Crippen LogP contribution in [0.15, 0.2) is 47.2 Å². The number of carbonyl (C=O) groups excluding carboxylic acids is 1. The molecule has 1 unspecified atom stereocenters. The van der Waals surface area contributed by atoms with Crippen LogP contribution in [0.4, 0.5) is 11.8 Å². The fraction of sp³-hybridized carbons (Fsp3) is 0.304. The number of hydrogen-bond acceptors (Lipinski definition) is 10. The molecule has 0 radical (unpaired) electrons. The Balaban J connectivity index is 1.26. The second-order valence-corrected chi connectivity index (χ2v) is 8.48. The highest BCUT2D eigenvalue weighted by atomic mass is 16.5. The largest absolute Gasteiger partial charge is 0.373 e. The van der Waals surface area contributed by atoms with E-state index in [2.05, 4.69) is 30.4 Å². The van der Waals surface area contributed by atoms with Crippen LogP contribution in [0.25, 0.3) is 22.8 Å². The maximum atomic E-state index is 12.4. The van der Waals surface area contributed by atoms with Crippen molar-refractivity contribution < 1.29 is 19.2 Å². The average Bonchev–Trinajstić information content (AvgIpc) is 3.61. The van der Waals surface area contributed by atoms with Crippen molar-refractivity contribution in [3.8, 4) is 22.8 Å². The number of likely N-dealkylation sites (tertiary alicyclic amines) is 1. The molecular formula is C23H22N8O4. The van der Waals surface area contributed by atoms with Crippen LogP contribution < -0.4 is 5.32 Å². The summed E-state index contributed by atoms with van der Waals surface area (Å²) in [5.41, 5.74) is 0.456. The summed E-state index contributed by atoms with van der Waals surface area (Å²) in [5.74, 6) is 1.76. The van der Waals surface area contributed by atoms with Crippen molar-refractivity contribution in [3.63, 3.8) is 0 Å². The number of ether oxygens (including phenoxy) is 1. The van der Waals surface area contributed by atoms with E-state index < -0.39 is 11.5 Å². The number of aliphatic hydroxyl groups is 1. The van der Waals surface area contributed by atoms with Gasteiger partial charge in [0.05, 0.1) is 29.9 Å². The van der Waals surface area contributed by atoms with Gasteiger partial charge in [-0.15, -0.1) is 0 Å². The van der Waals surface area contributed by atoms with E-state index >= 15 is 0 Å². The summed E-state index contributed by atoms with van der Waals surface area (Å²) < 4.78 is 12.8. The van der Waals surface area contributed by atoms with Gasteiger partial charge in [0, 0.05) is 38.8 Å². The number of anilines is 2. The molecule has 178 valence electrons. The van der Waals surface area contributed by atoms with E-state index in [4.69, 9.17) is 9.26 Å². The molecule has 2 N–H and O–H groups in total. The number of hydrogen-bond donors (Lipinski definition) is 2. The molecule has 6 rings (SSSR count). The van der Waals surface area contributed by atoms with E-state index in [1.807, 2.05) is 16.7 Å². The van der Waals surface area contributed by atoms with E-state index in [1.165, 1.54) is 4.90 Å². The Hall–Kier alpha value is -4.16. The van der Waals surface area contributed by atoms with Crippen molar-refractivity contribution in [2.75, 3.05) is 25.5 Å². The first kappa shape index (κ1) is 21.4. The maximum absolute atomic E-state index is 12.4. The van der Waals surface area contributed by atoms with Crippen LogP contribution >= 0.6 is 0 Å². The molecule has 0 saturated carbocycles. The third-order valence-corrected chi connectivity index (χ3v) is 6.23. The van der Waals surface area contributed by atoms with Crippen LogP contribution in [0.5, 0.6) is 0 Å². The van der Waals surface area contributed by atoms with Crippen LogP contribution in [0.2, 0.25) is 0 Å². The normalized spacial score (nSPS) is 19.7. The summed E-state index contributed by atoms with van der Waals surface area (Å²) in [6, 6.07) is 8.76. The lowest BCUT2D eigenvalue weighted by atomic mass is 9.98. The molecule has 12 nitrogen and oxygen atoms in total. The molecule has 6 heterocycles. The molecule has 2 aliphatic heterocycles. The Morgan fingerprint density at radius 1 is 1.09 bits per heavy atom. The number of imidazole rings is 1. The Kier molecular flexibility index (Phi) is 5.04. The predicted molar refractivity (Wildman–Crippen MR) is 122 cm³/mol. The lowest BCUT2D eigenvalue weighted by Gasteiger charge is -2.17. The zero-order chi connectivity index (χ0) is 24.0. The monoisotopic (exact) mass is 474 g/mol. The van der Waals surface area contributed by atoms with Crippen molar-refractivity contribution in [3.05, 3.63) is 54.3 Å². The summed E-state index contributed by atoms with van der Waals surface area (Å²) in [6.07, 6.45) is 3.64. The van der Waals surface area contributed by atoms with Crippen molar-refractivity contribution in [1.29, 1.82) is 0 Å². The van der Waals surface area contributed by atoms with Crippen molar-refractivity contribution in [2.45, 2.75) is 25.2 Å². The first-order valence-electron chi connectivity index (χ1n) is 11.2. The molecule has 0 bridgehead atoms. The molecule has 1 saturated heterocycles. The summed E-state index contributed by atoms with van der Waals surface area (Å²) in [5, 5.41) is 18.1. The van der Waals surface area contributed by atoms with Gasteiger partial charge in [0.15, 0.2) is 5.76 Å². The first-order valence-corrected chi connectivity index (χ1v) is 11.2. The molecule has 35 heavy (non-hydrogen) atoms. The SMILES string of the molecule is CN1CCC(O)(c2cc(-c3cccc(-c4ccnc(Nc5cnc6n5CCOC6)n4)n3)no2)C1=O. The van der Waals surface area contributed by atoms with Crippen LogP contribution in [0, 0.1) is 0 Å². The third kappa shape index (κ3) is 3.72. The number of amides is 1. The van der Waals surface area contributed by atoms with E-state index in [9.17, 15) is 9.90 Å². The molecule has 1 atom stereocenters. The van der Waals surface area contributed by atoms with Crippen molar-refractivity contribution in [2.24, 2.45) is 0 Å². The zero-order valence-electron chi connectivity index (χ0n) is 18.9. The fourth-order valence-corrected chi connectivity index (χ4v) is 4.27. The third-order valence-electron chi connectivity index (χ3n) is 6.23. The highest BCUT2D eigenvalue weighted by molar-refractivity contribution is 5.87. The number of fused-ring (bicyclic) bond motifs is 1. The van der Waals surface area contributed by atoms with Gasteiger partial charge in [-0.2, -0.15) is 0 Å². The van der Waals surface area contributed by atoms with Gasteiger partial charge in [-0.25, -0.2) is 19.9 Å². The van der Waals surface area contributed by atoms with E-state index in [-0.39, 0.29) is 12.2 Å². The smallest absolute Gasteiger partial charge is 0.262 e. The van der Waals surface area contributed by atoms with Crippen molar-refractivity contribution in [1.82, 2.24) is 34.6 Å². The molecule has 1 fully saturated rings. The minimum absolute atomic E-state index is 0.108. The van der Waals surface area contributed by atoms with Crippen molar-refractivity contribution >= 4 is 17.7 Å². The van der Waals surface area contributed by atoms with Gasteiger partial charge >= 0.3 is 0 Å². The van der Waals surface area contributed by atoms with Gasteiger partial charge in [0.1, 0.15) is 23.9 Å². The standard InChI is InChI=1S/C23H22N8O4/c1-30-8-6-23(33,21(30)32)18-11-17(29-35-18)15-4-2-3-14(26-15)16-5-7-24-22(27-16)28-19-12-25-20-13-34-10-9-31(19)20/h2-5,7,11-12,33H,6,8-10,13H2,1H3,(H,24,27,28). The number of likely N-dealkylation sites (N-methyl/N-ethyl adjacent to an activating group) is 1. The summed E-state index contributed by atoms with van der Waals surface area (Å²) in [7, 11) is 1.64. The Morgan fingerprint density at radius 3 is 2.74 bits per heavy atom. The summed E-state index contributed by atoms with van der Waals surface area (Å²) in [4.78, 5) is 31.8. The maximum Gasteiger partial charge on any atom is 0.262 e. The van der Waals surface area contributed by atoms with Gasteiger partial charge in [0.25, 0.3) is 5.91 Å². The number of pyridine rings is 1. The molecule has 12 heteroatoms. The molecule has 1 amide bonds. The molecule has 2 aliphatic rings. The number of carbonyl (C=O) groups is 1.